The second-order valence-corrected chi connectivity index (χ2v) is 8.01. The molecular weight excluding hydrogens is 418 g/mol. The Morgan fingerprint density at radius 3 is 2.39 bits per heavy atom. The first-order valence-corrected chi connectivity index (χ1v) is 10.5. The van der Waals surface area contributed by atoms with E-state index in [2.05, 4.69) is 15.6 Å². The summed E-state index contributed by atoms with van der Waals surface area (Å²) in [4.78, 5) is 28.9. The van der Waals surface area contributed by atoms with Gasteiger partial charge in [-0.25, -0.2) is 4.79 Å². The molecule has 6 N–H and O–H groups in total. The summed E-state index contributed by atoms with van der Waals surface area (Å²) in [5.74, 6) is -1.14. The third kappa shape index (κ3) is 5.94. The molecule has 1 aromatic heterocycles. The number of amidine groups is 1. The largest absolute Gasteiger partial charge is 0.478 e. The maximum absolute atomic E-state index is 12.4. The molecule has 8 nitrogen and oxygen atoms in total. The van der Waals surface area contributed by atoms with Gasteiger partial charge in [-0.1, -0.05) is 26.0 Å². The van der Waals surface area contributed by atoms with Crippen LogP contribution in [0.2, 0.25) is 0 Å². The summed E-state index contributed by atoms with van der Waals surface area (Å²) in [5.41, 5.74) is 9.07. The fraction of sp³-hybridized carbons (Fsp3) is 0.200. The van der Waals surface area contributed by atoms with E-state index in [4.69, 9.17) is 11.1 Å². The van der Waals surface area contributed by atoms with Gasteiger partial charge < -0.3 is 21.5 Å². The van der Waals surface area contributed by atoms with Crippen molar-refractivity contribution < 1.29 is 14.7 Å². The second-order valence-electron chi connectivity index (χ2n) is 8.01. The fourth-order valence-corrected chi connectivity index (χ4v) is 3.27. The van der Waals surface area contributed by atoms with Crippen LogP contribution in [0.1, 0.15) is 45.8 Å². The van der Waals surface area contributed by atoms with Gasteiger partial charge in [0.25, 0.3) is 5.91 Å². The number of carbonyl (C=O) groups is 2. The van der Waals surface area contributed by atoms with Gasteiger partial charge in [0.15, 0.2) is 0 Å². The monoisotopic (exact) mass is 445 g/mol. The molecule has 3 rings (SSSR count). The number of nitrogens with one attached hydrogen (secondary N) is 3. The minimum absolute atomic E-state index is 0.00361. The highest BCUT2D eigenvalue weighted by Crippen LogP contribution is 2.28. The van der Waals surface area contributed by atoms with Gasteiger partial charge in [-0.05, 0) is 53.9 Å². The minimum atomic E-state index is -1.12. The summed E-state index contributed by atoms with van der Waals surface area (Å²) < 4.78 is 0. The van der Waals surface area contributed by atoms with Crippen molar-refractivity contribution in [1.82, 2.24) is 10.3 Å². The number of hydrogen-bond acceptors (Lipinski definition) is 5. The van der Waals surface area contributed by atoms with Crippen molar-refractivity contribution in [3.8, 4) is 11.1 Å². The third-order valence-corrected chi connectivity index (χ3v) is 5.02. The lowest BCUT2D eigenvalue weighted by Crippen LogP contribution is -2.27. The number of aromatic carboxylic acids is 1. The molecule has 0 fully saturated rings. The molecule has 0 unspecified atom stereocenters. The van der Waals surface area contributed by atoms with Crippen molar-refractivity contribution in [2.24, 2.45) is 11.7 Å². The van der Waals surface area contributed by atoms with Crippen LogP contribution in [-0.2, 0) is 6.54 Å². The normalized spacial score (nSPS) is 10.6. The summed E-state index contributed by atoms with van der Waals surface area (Å²) in [6.45, 7) is 4.84. The van der Waals surface area contributed by atoms with Crippen LogP contribution in [0.5, 0.6) is 0 Å². The number of anilines is 1. The van der Waals surface area contributed by atoms with Gasteiger partial charge in [0.05, 0.1) is 17.8 Å². The summed E-state index contributed by atoms with van der Waals surface area (Å²) in [7, 11) is 0. The Bertz CT molecular complexity index is 1170. The molecule has 2 aromatic carbocycles. The van der Waals surface area contributed by atoms with Gasteiger partial charge in [-0.3, -0.25) is 15.2 Å². The molecule has 0 aliphatic carbocycles. The quantitative estimate of drug-likeness (QED) is 0.251. The van der Waals surface area contributed by atoms with E-state index in [9.17, 15) is 14.7 Å². The van der Waals surface area contributed by atoms with Crippen LogP contribution in [0.15, 0.2) is 60.8 Å². The van der Waals surface area contributed by atoms with E-state index in [1.54, 1.807) is 36.5 Å². The molecule has 0 atom stereocenters. The zero-order chi connectivity index (χ0) is 24.0. The highest BCUT2D eigenvalue weighted by molar-refractivity contribution is 6.01. The Morgan fingerprint density at radius 1 is 1.06 bits per heavy atom. The number of hydrogen-bond donors (Lipinski definition) is 5. The lowest BCUT2D eigenvalue weighted by molar-refractivity contribution is 0.0697. The number of nitrogen functional groups attached to an aromatic ring is 1. The van der Waals surface area contributed by atoms with Crippen LogP contribution in [0, 0.1) is 11.3 Å². The third-order valence-electron chi connectivity index (χ3n) is 5.02. The van der Waals surface area contributed by atoms with E-state index in [0.717, 1.165) is 5.69 Å². The molecule has 0 saturated heterocycles. The first-order valence-electron chi connectivity index (χ1n) is 10.5. The number of benzene rings is 2. The van der Waals surface area contributed by atoms with Gasteiger partial charge >= 0.3 is 5.97 Å². The Hall–Kier alpha value is -4.20. The molecule has 1 amide bonds. The molecule has 0 saturated carbocycles. The van der Waals surface area contributed by atoms with Crippen molar-refractivity contribution in [2.75, 3.05) is 11.9 Å². The van der Waals surface area contributed by atoms with Crippen LogP contribution in [-0.4, -0.2) is 34.3 Å². The van der Waals surface area contributed by atoms with E-state index in [1.165, 1.54) is 6.07 Å². The number of carboxylic acid groups (broad SMARTS) is 1. The van der Waals surface area contributed by atoms with Crippen LogP contribution >= 0.6 is 0 Å². The fourth-order valence-electron chi connectivity index (χ4n) is 3.27. The summed E-state index contributed by atoms with van der Waals surface area (Å²) in [5, 5.41) is 23.4. The van der Waals surface area contributed by atoms with Gasteiger partial charge in [0.2, 0.25) is 0 Å². The summed E-state index contributed by atoms with van der Waals surface area (Å²) >= 11 is 0. The summed E-state index contributed by atoms with van der Waals surface area (Å²) in [6.07, 6.45) is 1.65. The molecule has 170 valence electrons. The maximum atomic E-state index is 12.4. The van der Waals surface area contributed by atoms with Crippen LogP contribution in [0.4, 0.5) is 5.69 Å². The molecule has 33 heavy (non-hydrogen) atoms. The zero-order valence-corrected chi connectivity index (χ0v) is 18.6. The van der Waals surface area contributed by atoms with E-state index >= 15 is 0 Å². The van der Waals surface area contributed by atoms with E-state index in [0.29, 0.717) is 41.0 Å². The first kappa shape index (κ1) is 23.5. The Kier molecular flexibility index (Phi) is 7.40. The van der Waals surface area contributed by atoms with Crippen molar-refractivity contribution in [3.63, 3.8) is 0 Å². The number of nitrogens with zero attached hydrogens (tertiary/aromatic N) is 1. The molecule has 8 heteroatoms. The highest BCUT2D eigenvalue weighted by atomic mass is 16.4. The van der Waals surface area contributed by atoms with Crippen molar-refractivity contribution in [1.29, 1.82) is 5.41 Å². The Morgan fingerprint density at radius 2 is 1.76 bits per heavy atom. The maximum Gasteiger partial charge on any atom is 0.336 e. The first-order chi connectivity index (χ1) is 15.8. The molecule has 1 heterocycles. The van der Waals surface area contributed by atoms with E-state index in [-0.39, 0.29) is 23.2 Å². The number of nitrogens with two attached hydrogens (primary N) is 1. The average molecular weight is 446 g/mol. The Balaban J connectivity index is 1.87. The second kappa shape index (κ2) is 10.4. The summed E-state index contributed by atoms with van der Waals surface area (Å²) in [6, 6.07) is 15.3. The zero-order valence-electron chi connectivity index (χ0n) is 18.6. The number of carboxylic acids is 1. The van der Waals surface area contributed by atoms with Gasteiger partial charge in [0, 0.05) is 35.1 Å². The smallest absolute Gasteiger partial charge is 0.336 e. The number of amides is 1. The van der Waals surface area contributed by atoms with Crippen molar-refractivity contribution >= 4 is 23.4 Å². The molecule has 3 aromatic rings. The number of rotatable bonds is 9. The molecule has 0 aliphatic rings. The average Bonchev–Trinajstić information content (AvgIpc) is 2.81. The van der Waals surface area contributed by atoms with Gasteiger partial charge in [-0.2, -0.15) is 0 Å². The van der Waals surface area contributed by atoms with E-state index in [1.807, 2.05) is 32.0 Å². The minimum Gasteiger partial charge on any atom is -0.478 e. The molecule has 0 bridgehead atoms. The van der Waals surface area contributed by atoms with Crippen LogP contribution in [0.25, 0.3) is 11.1 Å². The SMILES string of the molecule is CC(C)CNC(=O)c1ccc(-c2cccnc2CNc2ccc(C(=N)N)cc2)c(C(=O)O)c1. The predicted octanol–water partition coefficient (Wildman–Crippen LogP) is 3.73. The van der Waals surface area contributed by atoms with Crippen LogP contribution < -0.4 is 16.4 Å². The van der Waals surface area contributed by atoms with Crippen molar-refractivity contribution in [2.45, 2.75) is 20.4 Å². The number of pyridine rings is 1. The molecule has 0 aliphatic heterocycles. The predicted molar refractivity (Wildman–Crippen MR) is 129 cm³/mol. The molecule has 0 spiro atoms. The van der Waals surface area contributed by atoms with Gasteiger partial charge in [-0.15, -0.1) is 0 Å². The van der Waals surface area contributed by atoms with Crippen LogP contribution in [0.3, 0.4) is 0 Å². The molecule has 0 radical (unpaired) electrons. The number of carbonyl (C=O) groups excluding carboxylic acids is 1. The lowest BCUT2D eigenvalue weighted by atomic mass is 9.96. The molecular formula is C25H27N5O3. The van der Waals surface area contributed by atoms with Crippen molar-refractivity contribution in [3.05, 3.63) is 83.2 Å². The number of aromatic nitrogens is 1. The van der Waals surface area contributed by atoms with Gasteiger partial charge in [0.1, 0.15) is 5.84 Å². The standard InChI is InChI=1S/C25H27N5O3/c1-15(2)13-30-24(31)17-7-10-19(21(12-17)25(32)33)20-4-3-11-28-22(20)14-29-18-8-5-16(6-9-18)23(26)27/h3-12,15,29H,13-14H2,1-2H3,(H3,26,27)(H,30,31)(H,32,33). The topological polar surface area (TPSA) is 141 Å². The van der Waals surface area contributed by atoms with E-state index < -0.39 is 5.97 Å². The highest BCUT2D eigenvalue weighted by Gasteiger charge is 2.18. The lowest BCUT2D eigenvalue weighted by Gasteiger charge is -2.14. The Labute approximate surface area is 192 Å².